The van der Waals surface area contributed by atoms with Gasteiger partial charge in [-0.05, 0) is 12.5 Å². The number of carboxylic acid groups (broad SMARTS) is 1. The molecule has 0 radical (unpaired) electrons. The molecule has 0 spiro atoms. The topological polar surface area (TPSA) is 62.2 Å². The van der Waals surface area contributed by atoms with Crippen molar-refractivity contribution in [2.45, 2.75) is 45.4 Å². The van der Waals surface area contributed by atoms with E-state index in [1.165, 1.54) is 25.7 Å². The zero-order valence-corrected chi connectivity index (χ0v) is 11.3. The molecule has 1 heterocycles. The number of nitrogens with one attached hydrogen (secondary N) is 1. The van der Waals surface area contributed by atoms with Crippen LogP contribution in [0.1, 0.15) is 55.8 Å². The number of rotatable bonds is 9. The summed E-state index contributed by atoms with van der Waals surface area (Å²) in [6, 6.07) is 0.985. The average Bonchev–Trinajstić information content (AvgIpc) is 2.39. The van der Waals surface area contributed by atoms with Crippen LogP contribution in [0.2, 0.25) is 0 Å². The molecule has 0 fully saturated rings. The fourth-order valence-electron chi connectivity index (χ4n) is 1.86. The van der Waals surface area contributed by atoms with Gasteiger partial charge in [0.05, 0.1) is 6.20 Å². The molecule has 0 aromatic carbocycles. The van der Waals surface area contributed by atoms with Crippen LogP contribution in [0.4, 0.5) is 10.2 Å². The van der Waals surface area contributed by atoms with Gasteiger partial charge in [-0.2, -0.15) is 0 Å². The zero-order valence-electron chi connectivity index (χ0n) is 11.3. The van der Waals surface area contributed by atoms with Crippen LogP contribution in [0.15, 0.2) is 12.3 Å². The molecule has 1 rings (SSSR count). The van der Waals surface area contributed by atoms with Gasteiger partial charge in [0.25, 0.3) is 0 Å². The summed E-state index contributed by atoms with van der Waals surface area (Å²) in [6.45, 7) is 2.83. The fourth-order valence-corrected chi connectivity index (χ4v) is 1.86. The van der Waals surface area contributed by atoms with Gasteiger partial charge >= 0.3 is 5.97 Å². The highest BCUT2D eigenvalue weighted by atomic mass is 19.1. The summed E-state index contributed by atoms with van der Waals surface area (Å²) in [5.41, 5.74) is -0.119. The van der Waals surface area contributed by atoms with Gasteiger partial charge < -0.3 is 10.4 Å². The largest absolute Gasteiger partial charge is 0.478 e. The monoisotopic (exact) mass is 268 g/mol. The predicted molar refractivity (Wildman–Crippen MR) is 73.0 cm³/mol. The Hall–Kier alpha value is -1.65. The lowest BCUT2D eigenvalue weighted by Gasteiger charge is -2.08. The lowest BCUT2D eigenvalue weighted by molar-refractivity contribution is 0.0697. The van der Waals surface area contributed by atoms with Gasteiger partial charge in [-0.3, -0.25) is 0 Å². The van der Waals surface area contributed by atoms with E-state index in [1.807, 2.05) is 0 Å². The van der Waals surface area contributed by atoms with Crippen molar-refractivity contribution >= 4 is 11.8 Å². The minimum Gasteiger partial charge on any atom is -0.478 e. The number of hydrogen-bond donors (Lipinski definition) is 2. The van der Waals surface area contributed by atoms with E-state index in [0.29, 0.717) is 6.54 Å². The molecule has 2 N–H and O–H groups in total. The number of carboxylic acids is 1. The Labute approximate surface area is 113 Å². The first kappa shape index (κ1) is 15.4. The highest BCUT2D eigenvalue weighted by molar-refractivity contribution is 5.93. The van der Waals surface area contributed by atoms with Crippen LogP contribution >= 0.6 is 0 Å². The molecule has 4 nitrogen and oxygen atoms in total. The molecule has 0 aliphatic rings. The van der Waals surface area contributed by atoms with Gasteiger partial charge in [0, 0.05) is 6.54 Å². The third kappa shape index (κ3) is 5.68. The summed E-state index contributed by atoms with van der Waals surface area (Å²) in [5.74, 6) is -1.57. The SMILES string of the molecule is CCCCCCCCNc1ncc(F)cc1C(=O)O. The molecule has 0 bridgehead atoms. The Bertz CT molecular complexity index is 410. The Morgan fingerprint density at radius 3 is 2.68 bits per heavy atom. The third-order valence-electron chi connectivity index (χ3n) is 2.91. The maximum atomic E-state index is 12.9. The smallest absolute Gasteiger partial charge is 0.339 e. The maximum absolute atomic E-state index is 12.9. The molecule has 0 atom stereocenters. The first-order valence-corrected chi connectivity index (χ1v) is 6.78. The molecule has 0 unspecified atom stereocenters. The van der Waals surface area contributed by atoms with E-state index in [2.05, 4.69) is 17.2 Å². The number of pyridine rings is 1. The molecule has 0 amide bonds. The first-order chi connectivity index (χ1) is 9.15. The molecule has 0 aliphatic heterocycles. The molecule has 5 heteroatoms. The number of carbonyl (C=O) groups is 1. The predicted octanol–water partition coefficient (Wildman–Crippen LogP) is 3.69. The number of aromatic nitrogens is 1. The van der Waals surface area contributed by atoms with Crippen LogP contribution in [0.25, 0.3) is 0 Å². The Kier molecular flexibility index (Phi) is 6.85. The van der Waals surface area contributed by atoms with E-state index >= 15 is 0 Å². The van der Waals surface area contributed by atoms with Crippen LogP contribution in [-0.4, -0.2) is 22.6 Å². The highest BCUT2D eigenvalue weighted by Crippen LogP contribution is 2.14. The summed E-state index contributed by atoms with van der Waals surface area (Å²) in [6.07, 6.45) is 8.01. The van der Waals surface area contributed by atoms with E-state index in [1.54, 1.807) is 0 Å². The minimum absolute atomic E-state index is 0.119. The van der Waals surface area contributed by atoms with Crippen molar-refractivity contribution in [3.63, 3.8) is 0 Å². The van der Waals surface area contributed by atoms with Gasteiger partial charge in [0.15, 0.2) is 0 Å². The van der Waals surface area contributed by atoms with E-state index in [4.69, 9.17) is 5.11 Å². The molecule has 106 valence electrons. The molecule has 0 saturated carbocycles. The van der Waals surface area contributed by atoms with Crippen molar-refractivity contribution in [1.82, 2.24) is 4.98 Å². The number of halogens is 1. The first-order valence-electron chi connectivity index (χ1n) is 6.78. The minimum atomic E-state index is -1.17. The second-order valence-electron chi connectivity index (χ2n) is 4.55. The van der Waals surface area contributed by atoms with E-state index in [-0.39, 0.29) is 11.4 Å². The van der Waals surface area contributed by atoms with Crippen LogP contribution in [0.5, 0.6) is 0 Å². The van der Waals surface area contributed by atoms with E-state index in [9.17, 15) is 9.18 Å². The number of aromatic carboxylic acids is 1. The van der Waals surface area contributed by atoms with Crippen molar-refractivity contribution in [3.8, 4) is 0 Å². The van der Waals surface area contributed by atoms with Gasteiger partial charge in [-0.15, -0.1) is 0 Å². The van der Waals surface area contributed by atoms with Crippen molar-refractivity contribution in [2.75, 3.05) is 11.9 Å². The lowest BCUT2D eigenvalue weighted by atomic mass is 10.1. The van der Waals surface area contributed by atoms with Crippen LogP contribution in [0.3, 0.4) is 0 Å². The zero-order chi connectivity index (χ0) is 14.1. The second-order valence-corrected chi connectivity index (χ2v) is 4.55. The van der Waals surface area contributed by atoms with E-state index in [0.717, 1.165) is 25.1 Å². The Morgan fingerprint density at radius 1 is 1.32 bits per heavy atom. The van der Waals surface area contributed by atoms with Crippen LogP contribution in [0, 0.1) is 5.82 Å². The van der Waals surface area contributed by atoms with Crippen molar-refractivity contribution in [3.05, 3.63) is 23.6 Å². The van der Waals surface area contributed by atoms with E-state index < -0.39 is 11.8 Å². The molecule has 1 aromatic heterocycles. The Morgan fingerprint density at radius 2 is 2.00 bits per heavy atom. The van der Waals surface area contributed by atoms with Crippen LogP contribution < -0.4 is 5.32 Å². The molecular weight excluding hydrogens is 247 g/mol. The van der Waals surface area contributed by atoms with Crippen molar-refractivity contribution < 1.29 is 14.3 Å². The summed E-state index contributed by atoms with van der Waals surface area (Å²) < 4.78 is 12.9. The maximum Gasteiger partial charge on any atom is 0.339 e. The Balaban J connectivity index is 2.35. The van der Waals surface area contributed by atoms with Crippen LogP contribution in [-0.2, 0) is 0 Å². The van der Waals surface area contributed by atoms with Gasteiger partial charge in [0.2, 0.25) is 0 Å². The van der Waals surface area contributed by atoms with Gasteiger partial charge in [-0.25, -0.2) is 14.2 Å². The van der Waals surface area contributed by atoms with Crippen molar-refractivity contribution in [2.24, 2.45) is 0 Å². The fraction of sp³-hybridized carbons (Fsp3) is 0.571. The summed E-state index contributed by atoms with van der Waals surface area (Å²) in [7, 11) is 0. The summed E-state index contributed by atoms with van der Waals surface area (Å²) in [4.78, 5) is 14.7. The van der Waals surface area contributed by atoms with Crippen molar-refractivity contribution in [1.29, 1.82) is 0 Å². The molecule has 0 aliphatic carbocycles. The molecular formula is C14H21FN2O2. The summed E-state index contributed by atoms with van der Waals surface area (Å²) >= 11 is 0. The number of hydrogen-bond acceptors (Lipinski definition) is 3. The normalized spacial score (nSPS) is 10.4. The molecule has 1 aromatic rings. The van der Waals surface area contributed by atoms with Gasteiger partial charge in [0.1, 0.15) is 17.2 Å². The second kappa shape index (κ2) is 8.45. The quantitative estimate of drug-likeness (QED) is 0.670. The lowest BCUT2D eigenvalue weighted by Crippen LogP contribution is -2.10. The molecule has 19 heavy (non-hydrogen) atoms. The number of anilines is 1. The average molecular weight is 268 g/mol. The standard InChI is InChI=1S/C14H21FN2O2/c1-2-3-4-5-6-7-8-16-13-12(14(18)19)9-11(15)10-17-13/h9-10H,2-8H2,1H3,(H,16,17)(H,18,19). The summed E-state index contributed by atoms with van der Waals surface area (Å²) in [5, 5.41) is 11.9. The third-order valence-corrected chi connectivity index (χ3v) is 2.91. The highest BCUT2D eigenvalue weighted by Gasteiger charge is 2.12. The number of unbranched alkanes of at least 4 members (excludes halogenated alkanes) is 5. The molecule has 0 saturated heterocycles. The van der Waals surface area contributed by atoms with Gasteiger partial charge in [-0.1, -0.05) is 39.0 Å². The number of nitrogens with zero attached hydrogens (tertiary/aromatic N) is 1.